The Kier molecular flexibility index (Phi) is 18.1. The highest BCUT2D eigenvalue weighted by Crippen LogP contribution is 2.50. The molecule has 6 rings (SSSR count). The molecule has 3 aliphatic heterocycles. The smallest absolute Gasteiger partial charge is 0.417 e. The molecule has 1 amide bonds. The number of methoxy groups -OCH3 is 1. The Morgan fingerprint density at radius 3 is 2.35 bits per heavy atom. The molecule has 7 atom stereocenters. The highest BCUT2D eigenvalue weighted by Gasteiger charge is 2.44. The van der Waals surface area contributed by atoms with Gasteiger partial charge in [-0.1, -0.05) is 38.1 Å². The predicted molar refractivity (Wildman–Crippen MR) is 237 cm³/mol. The topological polar surface area (TPSA) is 207 Å². The largest absolute Gasteiger partial charge is 0.497 e. The van der Waals surface area contributed by atoms with Gasteiger partial charge in [-0.05, 0) is 92.3 Å². The summed E-state index contributed by atoms with van der Waals surface area (Å²) in [5.74, 6) is 0.0898. The molecule has 0 aliphatic carbocycles. The number of carbonyl (C=O) groups is 2. The number of aliphatic hydroxyl groups is 1. The standard InChI is InChI=1S/C45H62N3O15PS/c1-6-57-43(50)32(4)62-64(52,63-37-9-7-8-34(24-37)27-47-19-22-56-23-20-47)30-60-36-12-10-33(11-13-36)25-40(46-45(51)61-42-29-59-44-39(42)18-21-58-44)41(49)28-48(26-31(2)3)65(53,54)38-16-14-35(55-5)15-17-38/h7-17,24,31-32,39-42,44,49H,6,18-23,25-30H2,1-5H3,(H,46,51)/t32?,39-,40-,41+,42-,44+,64?/m0/s1. The lowest BCUT2D eigenvalue weighted by Gasteiger charge is -2.31. The third-order valence-electron chi connectivity index (χ3n) is 11.0. The van der Waals surface area contributed by atoms with E-state index in [1.54, 1.807) is 61.5 Å². The van der Waals surface area contributed by atoms with E-state index in [-0.39, 0.29) is 61.0 Å². The van der Waals surface area contributed by atoms with Gasteiger partial charge in [-0.2, -0.15) is 4.31 Å². The maximum absolute atomic E-state index is 14.3. The summed E-state index contributed by atoms with van der Waals surface area (Å²) in [6.45, 7) is 10.8. The molecular formula is C45H62N3O15PS. The average molecular weight is 948 g/mol. The molecule has 0 bridgehead atoms. The van der Waals surface area contributed by atoms with Crippen molar-refractivity contribution in [2.45, 2.75) is 82.6 Å². The Morgan fingerprint density at radius 2 is 1.66 bits per heavy atom. The quantitative estimate of drug-likeness (QED) is 0.0924. The first-order valence-electron chi connectivity index (χ1n) is 21.9. The van der Waals surface area contributed by atoms with Crippen LogP contribution in [0.1, 0.15) is 45.2 Å². The van der Waals surface area contributed by atoms with Crippen LogP contribution in [0.2, 0.25) is 0 Å². The van der Waals surface area contributed by atoms with Gasteiger partial charge in [-0.3, -0.25) is 9.42 Å². The van der Waals surface area contributed by atoms with Crippen LogP contribution in [-0.2, 0) is 60.6 Å². The van der Waals surface area contributed by atoms with Gasteiger partial charge in [-0.15, -0.1) is 0 Å². The van der Waals surface area contributed by atoms with Gasteiger partial charge in [0.15, 0.2) is 12.4 Å². The Balaban J connectivity index is 1.17. The molecule has 358 valence electrons. The molecular weight excluding hydrogens is 886 g/mol. The first-order chi connectivity index (χ1) is 31.1. The van der Waals surface area contributed by atoms with E-state index < -0.39 is 66.7 Å². The van der Waals surface area contributed by atoms with Gasteiger partial charge >= 0.3 is 19.7 Å². The number of aliphatic hydroxyl groups excluding tert-OH is 1. The van der Waals surface area contributed by atoms with Crippen molar-refractivity contribution in [2.24, 2.45) is 11.8 Å². The maximum atomic E-state index is 14.3. The van der Waals surface area contributed by atoms with E-state index in [0.29, 0.717) is 44.1 Å². The summed E-state index contributed by atoms with van der Waals surface area (Å²) < 4.78 is 94.0. The van der Waals surface area contributed by atoms with Crippen LogP contribution in [0.3, 0.4) is 0 Å². The summed E-state index contributed by atoms with van der Waals surface area (Å²) in [7, 11) is -6.79. The lowest BCUT2D eigenvalue weighted by atomic mass is 10.0. The number of hydrogen-bond donors (Lipinski definition) is 2. The monoisotopic (exact) mass is 947 g/mol. The molecule has 65 heavy (non-hydrogen) atoms. The molecule has 18 nitrogen and oxygen atoms in total. The molecule has 20 heteroatoms. The Hall–Kier alpha value is -4.30. The minimum atomic E-state index is -4.18. The molecule has 3 aliphatic rings. The molecule has 3 saturated heterocycles. The van der Waals surface area contributed by atoms with Crippen LogP contribution in [0.25, 0.3) is 0 Å². The zero-order valence-electron chi connectivity index (χ0n) is 37.6. The van der Waals surface area contributed by atoms with Gasteiger partial charge in [0.25, 0.3) is 0 Å². The van der Waals surface area contributed by atoms with E-state index in [1.165, 1.54) is 30.5 Å². The number of alkyl carbamates (subject to hydrolysis) is 1. The second-order valence-corrected chi connectivity index (χ2v) is 20.3. The second kappa shape index (κ2) is 23.4. The molecule has 0 spiro atoms. The minimum absolute atomic E-state index is 0.0215. The van der Waals surface area contributed by atoms with Crippen molar-refractivity contribution in [1.29, 1.82) is 0 Å². The first kappa shape index (κ1) is 50.1. The number of nitrogens with one attached hydrogen (secondary N) is 1. The molecule has 3 aromatic carbocycles. The summed E-state index contributed by atoms with van der Waals surface area (Å²) in [5.41, 5.74) is 1.56. The van der Waals surface area contributed by atoms with Crippen molar-refractivity contribution in [3.05, 3.63) is 83.9 Å². The van der Waals surface area contributed by atoms with Gasteiger partial charge in [0.05, 0.1) is 63.1 Å². The molecule has 0 aromatic heterocycles. The summed E-state index contributed by atoms with van der Waals surface area (Å²) in [4.78, 5) is 28.3. The average Bonchev–Trinajstić information content (AvgIpc) is 3.91. The highest BCUT2D eigenvalue weighted by atomic mass is 32.2. The lowest BCUT2D eigenvalue weighted by molar-refractivity contribution is -0.150. The number of benzene rings is 3. The summed E-state index contributed by atoms with van der Waals surface area (Å²) >= 11 is 0. The number of carbonyl (C=O) groups excluding carboxylic acids is 2. The predicted octanol–water partition coefficient (Wildman–Crippen LogP) is 5.21. The molecule has 0 radical (unpaired) electrons. The molecule has 2 N–H and O–H groups in total. The number of amides is 1. The van der Waals surface area contributed by atoms with Crippen molar-refractivity contribution >= 4 is 29.7 Å². The van der Waals surface area contributed by atoms with Crippen LogP contribution in [0.5, 0.6) is 17.2 Å². The van der Waals surface area contributed by atoms with Crippen LogP contribution in [0.15, 0.2) is 77.7 Å². The minimum Gasteiger partial charge on any atom is -0.497 e. The fourth-order valence-corrected chi connectivity index (χ4v) is 10.8. The van der Waals surface area contributed by atoms with Crippen LogP contribution < -0.4 is 19.3 Å². The van der Waals surface area contributed by atoms with E-state index in [9.17, 15) is 27.7 Å². The van der Waals surface area contributed by atoms with Crippen LogP contribution >= 0.6 is 7.60 Å². The van der Waals surface area contributed by atoms with Gasteiger partial charge < -0.3 is 48.1 Å². The van der Waals surface area contributed by atoms with E-state index in [1.807, 2.05) is 19.9 Å². The highest BCUT2D eigenvalue weighted by molar-refractivity contribution is 7.89. The van der Waals surface area contributed by atoms with E-state index in [0.717, 1.165) is 18.7 Å². The number of ether oxygens (including phenoxy) is 7. The number of sulfonamides is 1. The number of rotatable bonds is 23. The third-order valence-corrected chi connectivity index (χ3v) is 14.4. The third kappa shape index (κ3) is 14.3. The molecule has 2 unspecified atom stereocenters. The molecule has 0 saturated carbocycles. The van der Waals surface area contributed by atoms with Gasteiger partial charge in [0, 0.05) is 32.7 Å². The van der Waals surface area contributed by atoms with Gasteiger partial charge in [0.2, 0.25) is 16.4 Å². The van der Waals surface area contributed by atoms with Crippen LogP contribution in [0.4, 0.5) is 4.79 Å². The Morgan fingerprint density at radius 1 is 0.938 bits per heavy atom. The number of nitrogens with zero attached hydrogens (tertiary/aromatic N) is 2. The van der Waals surface area contributed by atoms with Crippen molar-refractivity contribution in [2.75, 3.05) is 72.7 Å². The van der Waals surface area contributed by atoms with Gasteiger partial charge in [-0.25, -0.2) is 22.6 Å². The fourth-order valence-electron chi connectivity index (χ4n) is 7.69. The maximum Gasteiger partial charge on any atom is 0.417 e. The van der Waals surface area contributed by atoms with Crippen LogP contribution in [0, 0.1) is 11.8 Å². The zero-order chi connectivity index (χ0) is 46.6. The number of hydrogen-bond acceptors (Lipinski definition) is 16. The fraction of sp³-hybridized carbons (Fsp3) is 0.556. The number of morpholine rings is 1. The molecule has 3 heterocycles. The number of esters is 1. The summed E-state index contributed by atoms with van der Waals surface area (Å²) in [6, 6.07) is 18.7. The van der Waals surface area contributed by atoms with Crippen molar-refractivity contribution in [3.63, 3.8) is 0 Å². The van der Waals surface area contributed by atoms with Crippen LogP contribution in [-0.4, -0.2) is 138 Å². The van der Waals surface area contributed by atoms with Gasteiger partial charge in [0.1, 0.15) is 23.4 Å². The normalized spacial score (nSPS) is 21.2. The van der Waals surface area contributed by atoms with Crippen molar-refractivity contribution in [3.8, 4) is 17.2 Å². The first-order valence-corrected chi connectivity index (χ1v) is 25.1. The van der Waals surface area contributed by atoms with E-state index in [4.69, 9.17) is 42.2 Å². The second-order valence-electron chi connectivity index (χ2n) is 16.5. The van der Waals surface area contributed by atoms with Crippen molar-refractivity contribution < 1.29 is 69.9 Å². The SMILES string of the molecule is CCOC(=O)C(C)OP(=O)(COc1ccc(C[C@H](NC(=O)O[C@H]2CO[C@H]3OCC[C@H]32)[C@H](O)CN(CC(C)C)S(=O)(=O)c2ccc(OC)cc2)cc1)Oc1cccc(CN2CCOCC2)c1. The Labute approximate surface area is 381 Å². The lowest BCUT2D eigenvalue weighted by Crippen LogP contribution is -2.51. The summed E-state index contributed by atoms with van der Waals surface area (Å²) in [5, 5.41) is 14.6. The molecule has 3 fully saturated rings. The van der Waals surface area contributed by atoms with E-state index in [2.05, 4.69) is 10.2 Å². The molecule has 3 aromatic rings. The van der Waals surface area contributed by atoms with Crippen molar-refractivity contribution in [1.82, 2.24) is 14.5 Å². The van der Waals surface area contributed by atoms with E-state index >= 15 is 0 Å². The number of fused-ring (bicyclic) bond motifs is 1. The zero-order valence-corrected chi connectivity index (χ0v) is 39.3. The summed E-state index contributed by atoms with van der Waals surface area (Å²) in [6.07, 6.45) is -4.30. The Bertz CT molecular complexity index is 2160.